The fourth-order valence-corrected chi connectivity index (χ4v) is 1.55. The monoisotopic (exact) mass is 228 g/mol. The van der Waals surface area contributed by atoms with E-state index in [0.717, 1.165) is 11.3 Å². The second kappa shape index (κ2) is 6.06. The maximum absolute atomic E-state index is 5.49. The molecule has 0 amide bonds. The van der Waals surface area contributed by atoms with Gasteiger partial charge in [0.05, 0.1) is 6.61 Å². The molecule has 0 fully saturated rings. The van der Waals surface area contributed by atoms with Crippen LogP contribution in [0, 0.1) is 6.92 Å². The van der Waals surface area contributed by atoms with E-state index in [-0.39, 0.29) is 6.79 Å². The Balaban J connectivity index is 1.73. The topological polar surface area (TPSA) is 18.5 Å². The van der Waals surface area contributed by atoms with E-state index in [1.807, 2.05) is 61.5 Å². The van der Waals surface area contributed by atoms with Crippen molar-refractivity contribution in [3.05, 3.63) is 65.7 Å². The number of hydrogen-bond acceptors (Lipinski definition) is 2. The average Bonchev–Trinajstić information content (AvgIpc) is 2.36. The number of hydrogen-bond donors (Lipinski definition) is 0. The summed E-state index contributed by atoms with van der Waals surface area (Å²) < 4.78 is 10.9. The molecule has 0 spiro atoms. The lowest BCUT2D eigenvalue weighted by Gasteiger charge is -2.07. The van der Waals surface area contributed by atoms with Crippen LogP contribution < -0.4 is 4.74 Å². The van der Waals surface area contributed by atoms with Gasteiger partial charge in [-0.3, -0.25) is 0 Å². The average molecular weight is 228 g/mol. The zero-order chi connectivity index (χ0) is 11.9. The van der Waals surface area contributed by atoms with Crippen LogP contribution in [0.25, 0.3) is 0 Å². The largest absolute Gasteiger partial charge is 0.468 e. The smallest absolute Gasteiger partial charge is 0.189 e. The first kappa shape index (κ1) is 11.7. The summed E-state index contributed by atoms with van der Waals surface area (Å²) in [5.74, 6) is 0.845. The van der Waals surface area contributed by atoms with Gasteiger partial charge in [-0.05, 0) is 30.2 Å². The lowest BCUT2D eigenvalue weighted by Crippen LogP contribution is -2.02. The fraction of sp³-hybridized carbons (Fsp3) is 0.200. The lowest BCUT2D eigenvalue weighted by molar-refractivity contribution is 0.00502. The molecule has 0 unspecified atom stereocenters. The molecule has 0 saturated carbocycles. The Morgan fingerprint density at radius 2 is 1.76 bits per heavy atom. The third-order valence-electron chi connectivity index (χ3n) is 2.41. The maximum atomic E-state index is 5.49. The highest BCUT2D eigenvalue weighted by Crippen LogP contribution is 2.12. The quantitative estimate of drug-likeness (QED) is 0.575. The van der Waals surface area contributed by atoms with Gasteiger partial charge in [0.15, 0.2) is 6.79 Å². The van der Waals surface area contributed by atoms with Crippen molar-refractivity contribution >= 4 is 0 Å². The van der Waals surface area contributed by atoms with Gasteiger partial charge in [-0.15, -0.1) is 0 Å². The van der Waals surface area contributed by atoms with Crippen molar-refractivity contribution in [3.8, 4) is 5.75 Å². The van der Waals surface area contributed by atoms with Crippen molar-refractivity contribution in [1.82, 2.24) is 0 Å². The summed E-state index contributed by atoms with van der Waals surface area (Å²) in [6, 6.07) is 18.0. The number of rotatable bonds is 5. The van der Waals surface area contributed by atoms with E-state index in [4.69, 9.17) is 9.47 Å². The van der Waals surface area contributed by atoms with E-state index >= 15 is 0 Å². The fourth-order valence-electron chi connectivity index (χ4n) is 1.55. The van der Waals surface area contributed by atoms with E-state index in [2.05, 4.69) is 0 Å². The molecule has 2 rings (SSSR count). The molecule has 2 heteroatoms. The van der Waals surface area contributed by atoms with Crippen LogP contribution >= 0.6 is 0 Å². The van der Waals surface area contributed by atoms with Crippen molar-refractivity contribution in [2.24, 2.45) is 0 Å². The molecule has 0 radical (unpaired) electrons. The first-order valence-electron chi connectivity index (χ1n) is 5.66. The highest BCUT2D eigenvalue weighted by molar-refractivity contribution is 5.27. The van der Waals surface area contributed by atoms with Crippen LogP contribution in [0.4, 0.5) is 0 Å². The summed E-state index contributed by atoms with van der Waals surface area (Å²) in [4.78, 5) is 0. The molecular formula is C15H16O2. The van der Waals surface area contributed by atoms with Gasteiger partial charge in [0.2, 0.25) is 0 Å². The van der Waals surface area contributed by atoms with Crippen LogP contribution in [-0.4, -0.2) is 6.79 Å². The molecule has 17 heavy (non-hydrogen) atoms. The summed E-state index contributed by atoms with van der Waals surface area (Å²) in [6.45, 7) is 2.89. The SMILES string of the molecule is Cc1cccc(OCOCc2ccccc2)c1. The minimum Gasteiger partial charge on any atom is -0.468 e. The van der Waals surface area contributed by atoms with Crippen LogP contribution in [0.15, 0.2) is 54.6 Å². The summed E-state index contributed by atoms with van der Waals surface area (Å²) in [5, 5.41) is 0. The third kappa shape index (κ3) is 3.93. The van der Waals surface area contributed by atoms with E-state index in [0.29, 0.717) is 6.61 Å². The lowest BCUT2D eigenvalue weighted by atomic mass is 10.2. The molecule has 0 bridgehead atoms. The zero-order valence-electron chi connectivity index (χ0n) is 9.93. The molecule has 0 saturated heterocycles. The van der Waals surface area contributed by atoms with Crippen molar-refractivity contribution < 1.29 is 9.47 Å². The standard InChI is InChI=1S/C15H16O2/c1-13-6-5-9-15(10-13)17-12-16-11-14-7-3-2-4-8-14/h2-10H,11-12H2,1H3. The predicted octanol–water partition coefficient (Wildman–Crippen LogP) is 3.55. The molecule has 0 N–H and O–H groups in total. The molecule has 88 valence electrons. The van der Waals surface area contributed by atoms with Crippen molar-refractivity contribution in [1.29, 1.82) is 0 Å². The molecule has 2 aromatic rings. The van der Waals surface area contributed by atoms with Crippen LogP contribution in [0.3, 0.4) is 0 Å². The molecule has 0 aromatic heterocycles. The maximum Gasteiger partial charge on any atom is 0.189 e. The number of aryl methyl sites for hydroxylation is 1. The Kier molecular flexibility index (Phi) is 4.17. The molecule has 0 atom stereocenters. The Morgan fingerprint density at radius 3 is 2.53 bits per heavy atom. The first-order valence-corrected chi connectivity index (χ1v) is 5.66. The molecular weight excluding hydrogens is 212 g/mol. The minimum atomic E-state index is 0.276. The van der Waals surface area contributed by atoms with Gasteiger partial charge in [-0.1, -0.05) is 42.5 Å². The van der Waals surface area contributed by atoms with Crippen molar-refractivity contribution in [2.75, 3.05) is 6.79 Å². The number of ether oxygens (including phenoxy) is 2. The highest BCUT2D eigenvalue weighted by atomic mass is 16.7. The first-order chi connectivity index (χ1) is 8.34. The van der Waals surface area contributed by atoms with Gasteiger partial charge in [0.1, 0.15) is 5.75 Å². The van der Waals surface area contributed by atoms with Gasteiger partial charge in [0.25, 0.3) is 0 Å². The van der Waals surface area contributed by atoms with Crippen LogP contribution in [0.5, 0.6) is 5.75 Å². The molecule has 0 aliphatic heterocycles. The second-order valence-electron chi connectivity index (χ2n) is 3.91. The van der Waals surface area contributed by atoms with Crippen molar-refractivity contribution in [3.63, 3.8) is 0 Å². The summed E-state index contributed by atoms with van der Waals surface area (Å²) in [5.41, 5.74) is 2.34. The third-order valence-corrected chi connectivity index (χ3v) is 2.41. The van der Waals surface area contributed by atoms with Crippen LogP contribution in [-0.2, 0) is 11.3 Å². The predicted molar refractivity (Wildman–Crippen MR) is 67.9 cm³/mol. The Morgan fingerprint density at radius 1 is 0.941 bits per heavy atom. The molecule has 0 heterocycles. The van der Waals surface area contributed by atoms with E-state index in [9.17, 15) is 0 Å². The van der Waals surface area contributed by atoms with Crippen LogP contribution in [0.2, 0.25) is 0 Å². The van der Waals surface area contributed by atoms with E-state index < -0.39 is 0 Å². The molecule has 0 aliphatic rings. The van der Waals surface area contributed by atoms with Gasteiger partial charge < -0.3 is 9.47 Å². The van der Waals surface area contributed by atoms with Crippen molar-refractivity contribution in [2.45, 2.75) is 13.5 Å². The zero-order valence-corrected chi connectivity index (χ0v) is 9.93. The Hall–Kier alpha value is -1.80. The van der Waals surface area contributed by atoms with Gasteiger partial charge in [0, 0.05) is 0 Å². The van der Waals surface area contributed by atoms with Crippen LogP contribution in [0.1, 0.15) is 11.1 Å². The minimum absolute atomic E-state index is 0.276. The normalized spacial score (nSPS) is 10.2. The van der Waals surface area contributed by atoms with E-state index in [1.54, 1.807) is 0 Å². The summed E-state index contributed by atoms with van der Waals surface area (Å²) in [6.07, 6.45) is 0. The van der Waals surface area contributed by atoms with Gasteiger partial charge in [-0.25, -0.2) is 0 Å². The highest BCUT2D eigenvalue weighted by Gasteiger charge is 1.94. The van der Waals surface area contributed by atoms with Gasteiger partial charge >= 0.3 is 0 Å². The van der Waals surface area contributed by atoms with E-state index in [1.165, 1.54) is 5.56 Å². The number of benzene rings is 2. The Labute approximate surface area is 102 Å². The van der Waals surface area contributed by atoms with Gasteiger partial charge in [-0.2, -0.15) is 0 Å². The molecule has 2 aromatic carbocycles. The summed E-state index contributed by atoms with van der Waals surface area (Å²) in [7, 11) is 0. The second-order valence-corrected chi connectivity index (χ2v) is 3.91. The molecule has 2 nitrogen and oxygen atoms in total. The molecule has 0 aliphatic carbocycles. The Bertz CT molecular complexity index is 451. The summed E-state index contributed by atoms with van der Waals surface area (Å²) >= 11 is 0.